The van der Waals surface area contributed by atoms with Gasteiger partial charge in [-0.05, 0) is 55.2 Å². The molecule has 0 spiro atoms. The zero-order chi connectivity index (χ0) is 20.2. The predicted octanol–water partition coefficient (Wildman–Crippen LogP) is 4.47. The van der Waals surface area contributed by atoms with Crippen LogP contribution in [0.4, 0.5) is 0 Å². The van der Waals surface area contributed by atoms with E-state index in [0.29, 0.717) is 18.3 Å². The average Bonchev–Trinajstić information content (AvgIpc) is 3.47. The molecule has 0 bridgehead atoms. The van der Waals surface area contributed by atoms with Gasteiger partial charge < -0.3 is 9.64 Å². The molecule has 6 heteroatoms. The number of thioether (sulfide) groups is 1. The third-order valence-electron chi connectivity index (χ3n) is 5.03. The highest BCUT2D eigenvalue weighted by molar-refractivity contribution is 7.99. The highest BCUT2D eigenvalue weighted by atomic mass is 32.2. The Hall–Kier alpha value is -2.73. The van der Waals surface area contributed by atoms with Crippen molar-refractivity contribution in [2.45, 2.75) is 37.5 Å². The van der Waals surface area contributed by atoms with Crippen molar-refractivity contribution in [1.29, 1.82) is 0 Å². The largest absolute Gasteiger partial charge is 0.497 e. The summed E-state index contributed by atoms with van der Waals surface area (Å²) in [5, 5.41) is 0.837. The molecule has 1 saturated carbocycles. The summed E-state index contributed by atoms with van der Waals surface area (Å²) in [6.07, 6.45) is 5.90. The number of rotatable bonds is 8. The third kappa shape index (κ3) is 4.82. The van der Waals surface area contributed by atoms with Crippen LogP contribution in [0.5, 0.6) is 5.75 Å². The van der Waals surface area contributed by atoms with Crippen molar-refractivity contribution in [2.24, 2.45) is 0 Å². The molecule has 0 N–H and O–H groups in total. The molecular weight excluding hydrogens is 382 g/mol. The van der Waals surface area contributed by atoms with E-state index in [4.69, 9.17) is 4.74 Å². The number of benzene rings is 2. The molecule has 5 nitrogen and oxygen atoms in total. The van der Waals surface area contributed by atoms with Gasteiger partial charge in [0.2, 0.25) is 5.91 Å². The van der Waals surface area contributed by atoms with Crippen molar-refractivity contribution in [3.8, 4) is 11.4 Å². The van der Waals surface area contributed by atoms with Gasteiger partial charge in [0, 0.05) is 30.7 Å². The fourth-order valence-corrected chi connectivity index (χ4v) is 4.17. The first kappa shape index (κ1) is 19.6. The van der Waals surface area contributed by atoms with E-state index in [1.54, 1.807) is 13.3 Å². The van der Waals surface area contributed by atoms with Crippen LogP contribution in [-0.4, -0.2) is 39.3 Å². The van der Waals surface area contributed by atoms with E-state index < -0.39 is 0 Å². The zero-order valence-corrected chi connectivity index (χ0v) is 17.6. The van der Waals surface area contributed by atoms with Crippen LogP contribution in [0.3, 0.4) is 0 Å². The summed E-state index contributed by atoms with van der Waals surface area (Å²) in [5.41, 5.74) is 3.38. The number of carbonyl (C=O) groups is 1. The first-order valence-electron chi connectivity index (χ1n) is 9.79. The fourth-order valence-electron chi connectivity index (χ4n) is 3.31. The smallest absolute Gasteiger partial charge is 0.233 e. The number of ether oxygens (including phenoxy) is 1. The van der Waals surface area contributed by atoms with E-state index >= 15 is 0 Å². The van der Waals surface area contributed by atoms with Gasteiger partial charge in [-0.2, -0.15) is 0 Å². The first-order chi connectivity index (χ1) is 14.1. The number of imidazole rings is 1. The minimum atomic E-state index is 0.159. The van der Waals surface area contributed by atoms with Crippen molar-refractivity contribution < 1.29 is 9.53 Å². The normalized spacial score (nSPS) is 13.3. The summed E-state index contributed by atoms with van der Waals surface area (Å²) in [6, 6.07) is 16.6. The van der Waals surface area contributed by atoms with Crippen molar-refractivity contribution in [3.05, 3.63) is 72.1 Å². The van der Waals surface area contributed by atoms with Crippen LogP contribution in [0.25, 0.3) is 5.69 Å². The monoisotopic (exact) mass is 407 g/mol. The van der Waals surface area contributed by atoms with Crippen LogP contribution in [0.2, 0.25) is 0 Å². The lowest BCUT2D eigenvalue weighted by atomic mass is 10.2. The molecule has 3 aromatic rings. The van der Waals surface area contributed by atoms with Gasteiger partial charge in [0.25, 0.3) is 0 Å². The van der Waals surface area contributed by atoms with Crippen LogP contribution in [0.1, 0.15) is 24.0 Å². The maximum Gasteiger partial charge on any atom is 0.233 e. The molecule has 1 heterocycles. The van der Waals surface area contributed by atoms with Crippen molar-refractivity contribution in [1.82, 2.24) is 14.5 Å². The Morgan fingerprint density at radius 3 is 2.72 bits per heavy atom. The minimum absolute atomic E-state index is 0.159. The van der Waals surface area contributed by atoms with Gasteiger partial charge in [-0.3, -0.25) is 9.36 Å². The van der Waals surface area contributed by atoms with E-state index in [1.807, 2.05) is 46.0 Å². The highest BCUT2D eigenvalue weighted by Gasteiger charge is 2.32. The van der Waals surface area contributed by atoms with Crippen LogP contribution < -0.4 is 4.74 Å². The number of amides is 1. The number of aromatic nitrogens is 2. The minimum Gasteiger partial charge on any atom is -0.497 e. The molecule has 0 saturated heterocycles. The van der Waals surface area contributed by atoms with E-state index in [1.165, 1.54) is 17.3 Å². The maximum absolute atomic E-state index is 13.0. The number of nitrogens with zero attached hydrogens (tertiary/aromatic N) is 3. The molecule has 1 amide bonds. The lowest BCUT2D eigenvalue weighted by molar-refractivity contribution is -0.129. The molecule has 1 aliphatic rings. The molecule has 0 radical (unpaired) electrons. The Morgan fingerprint density at radius 1 is 1.24 bits per heavy atom. The van der Waals surface area contributed by atoms with E-state index in [2.05, 4.69) is 30.1 Å². The number of aryl methyl sites for hydroxylation is 1. The fraction of sp³-hybridized carbons (Fsp3) is 0.304. The summed E-state index contributed by atoms with van der Waals surface area (Å²) in [4.78, 5) is 19.5. The number of carbonyl (C=O) groups excluding carboxylic acids is 1. The van der Waals surface area contributed by atoms with E-state index in [0.717, 1.165) is 35.0 Å². The van der Waals surface area contributed by atoms with Gasteiger partial charge in [0.15, 0.2) is 5.16 Å². The van der Waals surface area contributed by atoms with Crippen LogP contribution >= 0.6 is 11.8 Å². The zero-order valence-electron chi connectivity index (χ0n) is 16.7. The molecule has 0 unspecified atom stereocenters. The number of methoxy groups -OCH3 is 1. The summed E-state index contributed by atoms with van der Waals surface area (Å²) in [5.74, 6) is 1.37. The van der Waals surface area contributed by atoms with Crippen LogP contribution in [0, 0.1) is 6.92 Å². The summed E-state index contributed by atoms with van der Waals surface area (Å²) in [7, 11) is 1.66. The molecule has 29 heavy (non-hydrogen) atoms. The van der Waals surface area contributed by atoms with Gasteiger partial charge in [0.05, 0.1) is 12.9 Å². The second kappa shape index (κ2) is 8.74. The first-order valence-corrected chi connectivity index (χ1v) is 10.8. The Kier molecular flexibility index (Phi) is 5.90. The number of hydrogen-bond acceptors (Lipinski definition) is 4. The standard InChI is InChI=1S/C23H25N3O2S/c1-17-4-3-5-20(14-17)25-13-12-24-23(25)29-16-22(27)26(19-8-9-19)15-18-6-10-21(28-2)11-7-18/h3-7,10-14,19H,8-9,15-16H2,1-2H3. The number of hydrogen-bond donors (Lipinski definition) is 0. The highest BCUT2D eigenvalue weighted by Crippen LogP contribution is 2.30. The summed E-state index contributed by atoms with van der Waals surface area (Å²) in [6.45, 7) is 2.71. The van der Waals surface area contributed by atoms with Gasteiger partial charge in [0.1, 0.15) is 5.75 Å². The van der Waals surface area contributed by atoms with Crippen molar-refractivity contribution in [3.63, 3.8) is 0 Å². The van der Waals surface area contributed by atoms with Crippen molar-refractivity contribution in [2.75, 3.05) is 12.9 Å². The summed E-state index contributed by atoms with van der Waals surface area (Å²) >= 11 is 1.49. The molecule has 0 aliphatic heterocycles. The SMILES string of the molecule is COc1ccc(CN(C(=O)CSc2nccn2-c2cccc(C)c2)C2CC2)cc1. The molecule has 150 valence electrons. The molecule has 2 aromatic carbocycles. The molecule has 0 atom stereocenters. The van der Waals surface area contributed by atoms with Crippen LogP contribution in [-0.2, 0) is 11.3 Å². The van der Waals surface area contributed by atoms with Crippen molar-refractivity contribution >= 4 is 17.7 Å². The van der Waals surface area contributed by atoms with Gasteiger partial charge in [-0.1, -0.05) is 36.0 Å². The summed E-state index contributed by atoms with van der Waals surface area (Å²) < 4.78 is 7.26. The lowest BCUT2D eigenvalue weighted by Crippen LogP contribution is -2.34. The van der Waals surface area contributed by atoms with Gasteiger partial charge >= 0.3 is 0 Å². The van der Waals surface area contributed by atoms with E-state index in [9.17, 15) is 4.79 Å². The quantitative estimate of drug-likeness (QED) is 0.517. The average molecular weight is 408 g/mol. The Bertz CT molecular complexity index is 980. The maximum atomic E-state index is 13.0. The van der Waals surface area contributed by atoms with Gasteiger partial charge in [-0.25, -0.2) is 4.98 Å². The Labute approximate surface area is 175 Å². The van der Waals surface area contributed by atoms with E-state index in [-0.39, 0.29) is 5.91 Å². The molecule has 1 fully saturated rings. The topological polar surface area (TPSA) is 47.4 Å². The predicted molar refractivity (Wildman–Crippen MR) is 116 cm³/mol. The second-order valence-electron chi connectivity index (χ2n) is 7.31. The second-order valence-corrected chi connectivity index (χ2v) is 8.25. The molecule has 1 aliphatic carbocycles. The lowest BCUT2D eigenvalue weighted by Gasteiger charge is -2.22. The molecule has 1 aromatic heterocycles. The Balaban J connectivity index is 1.42. The molecular formula is C23H25N3O2S. The van der Waals surface area contributed by atoms with Crippen LogP contribution in [0.15, 0.2) is 66.1 Å². The van der Waals surface area contributed by atoms with Gasteiger partial charge in [-0.15, -0.1) is 0 Å². The Morgan fingerprint density at radius 2 is 2.03 bits per heavy atom. The molecule has 4 rings (SSSR count). The third-order valence-corrected chi connectivity index (χ3v) is 5.98.